The highest BCUT2D eigenvalue weighted by Gasteiger charge is 2.48. The molecule has 0 aromatic rings. The Morgan fingerprint density at radius 3 is 1.36 bits per heavy atom. The molecule has 13 nitrogen and oxygen atoms in total. The molecule has 2 fully saturated rings. The maximum absolute atomic E-state index is 13.4. The molecule has 13 heteroatoms. The van der Waals surface area contributed by atoms with Crippen LogP contribution in [-0.2, 0) is 23.7 Å². The summed E-state index contributed by atoms with van der Waals surface area (Å²) in [6.07, 6.45) is 13.6. The molecule has 0 spiro atoms. The van der Waals surface area contributed by atoms with E-state index in [1.54, 1.807) is 6.92 Å². The molecule has 4 rings (SSSR count). The maximum Gasteiger partial charge on any atom is 0.187 e. The van der Waals surface area contributed by atoms with Crippen molar-refractivity contribution in [3.05, 3.63) is 142 Å². The second-order valence-electron chi connectivity index (χ2n) is 19.2. The Bertz CT molecular complexity index is 1940. The molecule has 0 saturated carbocycles. The Kier molecular flexibility index (Phi) is 19.8. The van der Waals surface area contributed by atoms with Gasteiger partial charge in [-0.15, -0.1) is 0 Å². The van der Waals surface area contributed by atoms with Gasteiger partial charge in [-0.05, 0) is 93.1 Å². The fourth-order valence-corrected chi connectivity index (χ4v) is 8.56. The van der Waals surface area contributed by atoms with Crippen LogP contribution in [0.2, 0.25) is 0 Å². The molecule has 4 aliphatic rings. The molecule has 0 bridgehead atoms. The molecule has 0 aromatic carbocycles. The number of allylic oxidation sites excluding steroid dienone is 20. The number of ether oxygens (including phenoxy) is 4. The lowest BCUT2D eigenvalue weighted by Crippen LogP contribution is -2.60. The predicted octanol–water partition coefficient (Wildman–Crippen LogP) is 5.54. The van der Waals surface area contributed by atoms with Crippen LogP contribution in [0.25, 0.3) is 0 Å². The predicted molar refractivity (Wildman–Crippen MR) is 254 cm³/mol. The van der Waals surface area contributed by atoms with E-state index in [9.17, 15) is 45.6 Å². The highest BCUT2D eigenvalue weighted by atomic mass is 16.7. The number of ketones is 1. The van der Waals surface area contributed by atoms with E-state index in [1.165, 1.54) is 0 Å². The van der Waals surface area contributed by atoms with Crippen LogP contribution >= 0.6 is 0 Å². The molecule has 0 aromatic heterocycles. The zero-order valence-corrected chi connectivity index (χ0v) is 40.2. The number of rotatable bonds is 16. The van der Waals surface area contributed by atoms with Crippen molar-refractivity contribution < 1.29 is 64.6 Å². The summed E-state index contributed by atoms with van der Waals surface area (Å²) in [6.45, 7) is 23.2. The summed E-state index contributed by atoms with van der Waals surface area (Å²) in [6, 6.07) is 0. The van der Waals surface area contributed by atoms with Gasteiger partial charge in [-0.3, -0.25) is 4.79 Å². The summed E-state index contributed by atoms with van der Waals surface area (Å²) in [5, 5.41) is 80.7. The topological polar surface area (TPSA) is 216 Å². The van der Waals surface area contributed by atoms with Crippen molar-refractivity contribution in [1.29, 1.82) is 0 Å². The van der Waals surface area contributed by atoms with Gasteiger partial charge >= 0.3 is 0 Å². The minimum absolute atomic E-state index is 0.261. The monoisotopic (exact) mass is 919 g/mol. The molecule has 2 heterocycles. The van der Waals surface area contributed by atoms with Crippen molar-refractivity contribution in [2.75, 3.05) is 13.2 Å². The van der Waals surface area contributed by atoms with E-state index < -0.39 is 92.2 Å². The number of hydrogen-bond acceptors (Lipinski definition) is 13. The molecule has 66 heavy (non-hydrogen) atoms. The van der Waals surface area contributed by atoms with Crippen molar-refractivity contribution in [2.24, 2.45) is 10.8 Å². The van der Waals surface area contributed by atoms with E-state index in [0.29, 0.717) is 18.4 Å². The van der Waals surface area contributed by atoms with Crippen molar-refractivity contribution in [3.8, 4) is 0 Å². The van der Waals surface area contributed by atoms with E-state index in [-0.39, 0.29) is 11.2 Å². The number of aliphatic hydroxyl groups is 8. The summed E-state index contributed by atoms with van der Waals surface area (Å²) < 4.78 is 23.1. The minimum atomic E-state index is -1.59. The lowest BCUT2D eigenvalue weighted by Gasteiger charge is -2.44. The highest BCUT2D eigenvalue weighted by molar-refractivity contribution is 6.00. The fourth-order valence-electron chi connectivity index (χ4n) is 8.56. The Morgan fingerprint density at radius 2 is 0.939 bits per heavy atom. The van der Waals surface area contributed by atoms with Gasteiger partial charge in [0, 0.05) is 0 Å². The molecule has 2 aliphatic carbocycles. The number of hydrogen-bond donors (Lipinski definition) is 8. The average molecular weight is 919 g/mol. The maximum atomic E-state index is 13.4. The van der Waals surface area contributed by atoms with E-state index in [0.717, 1.165) is 44.6 Å². The van der Waals surface area contributed by atoms with Gasteiger partial charge in [-0.1, -0.05) is 142 Å². The van der Waals surface area contributed by atoms with E-state index >= 15 is 0 Å². The smallest absolute Gasteiger partial charge is 0.187 e. The summed E-state index contributed by atoms with van der Waals surface area (Å²) in [5.41, 5.74) is 7.56. The number of carbonyl (C=O) groups is 1. The lowest BCUT2D eigenvalue weighted by molar-refractivity contribution is -0.309. The molecule has 2 aliphatic heterocycles. The zero-order chi connectivity index (χ0) is 49.3. The van der Waals surface area contributed by atoms with Crippen LogP contribution in [0.1, 0.15) is 82.1 Å². The van der Waals surface area contributed by atoms with Gasteiger partial charge in [0.15, 0.2) is 18.4 Å². The van der Waals surface area contributed by atoms with Crippen LogP contribution < -0.4 is 0 Å². The van der Waals surface area contributed by atoms with Crippen LogP contribution in [0.4, 0.5) is 0 Å². The first-order valence-corrected chi connectivity index (χ1v) is 22.6. The first kappa shape index (κ1) is 54.7. The Hall–Kier alpha value is -3.93. The van der Waals surface area contributed by atoms with Crippen LogP contribution in [0.15, 0.2) is 142 Å². The van der Waals surface area contributed by atoms with Crippen molar-refractivity contribution in [2.45, 2.75) is 156 Å². The zero-order valence-electron chi connectivity index (χ0n) is 40.2. The fraction of sp³-hybridized carbons (Fsp3) is 0.528. The molecule has 2 saturated heterocycles. The Labute approximate surface area is 390 Å². The van der Waals surface area contributed by atoms with Crippen molar-refractivity contribution >= 4 is 5.78 Å². The van der Waals surface area contributed by atoms with E-state index in [1.807, 2.05) is 121 Å². The third-order valence-corrected chi connectivity index (χ3v) is 12.8. The largest absolute Gasteiger partial charge is 0.394 e. The third-order valence-electron chi connectivity index (χ3n) is 12.8. The Morgan fingerprint density at radius 1 is 0.576 bits per heavy atom. The standard InChI is InChI=1S/C53H74O13/c1-30(18-14-20-32(3)22-24-37-34(5)35(6)39(26-52(37,8)9)63-50-48(61)46(59)44(57)41(28-54)65-50)16-12-13-17-31(2)19-15-21-33(4)23-25-38-36(7)43(56)40(27-53(38,10)11)64-51-49(62)47(60)45(58)42(29-55)66-51/h12-25,39-42,44-51,54-55,57-62H,6,26-29H2,1-5,7-11H3/b13-12+,18-14+,19-15+,24-22+,25-23+,30-16+,31-17+,32-20+,33-21+/t39-,40-,41+,42+,44+,45+,46-,47-,48+,49+,50+,51+/m0/s1. The van der Waals surface area contributed by atoms with Gasteiger partial charge in [-0.2, -0.15) is 0 Å². The molecule has 0 radical (unpaired) electrons. The van der Waals surface area contributed by atoms with Gasteiger partial charge < -0.3 is 59.8 Å². The number of Topliss-reactive ketones (excluding diaryl/α,β-unsaturated/α-hetero) is 1. The van der Waals surface area contributed by atoms with Crippen LogP contribution in [0.5, 0.6) is 0 Å². The second kappa shape index (κ2) is 23.9. The minimum Gasteiger partial charge on any atom is -0.394 e. The van der Waals surface area contributed by atoms with Gasteiger partial charge in [-0.25, -0.2) is 0 Å². The third kappa shape index (κ3) is 13.8. The summed E-state index contributed by atoms with van der Waals surface area (Å²) in [5.74, 6) is -0.261. The molecule has 364 valence electrons. The van der Waals surface area contributed by atoms with Crippen molar-refractivity contribution in [3.63, 3.8) is 0 Å². The lowest BCUT2D eigenvalue weighted by atomic mass is 9.70. The first-order chi connectivity index (χ1) is 30.9. The molecule has 0 amide bonds. The van der Waals surface area contributed by atoms with Gasteiger partial charge in [0.1, 0.15) is 54.9 Å². The van der Waals surface area contributed by atoms with E-state index in [2.05, 4.69) is 32.6 Å². The quantitative estimate of drug-likeness (QED) is 0.0895. The first-order valence-electron chi connectivity index (χ1n) is 22.6. The van der Waals surface area contributed by atoms with E-state index in [4.69, 9.17) is 18.9 Å². The van der Waals surface area contributed by atoms with Gasteiger partial charge in [0.2, 0.25) is 0 Å². The molecule has 0 unspecified atom stereocenters. The van der Waals surface area contributed by atoms with Crippen molar-refractivity contribution in [1.82, 2.24) is 0 Å². The SMILES string of the molecule is C=C1C(C)=C(/C=C/C(C)=C/C=C/C(C)=C/C=C/C=C(C)/C=C/C=C(C)/C=C/C2=C(C)C(=O)[C@@H](O[C@@H]3O[C@H](CO)[C@@H](O)[C@H](O)[C@H]3O)CC2(C)C)C(C)(C)C[C@@H]1O[C@@H]1O[C@H](CO)[C@@H](O)[C@H](O)[C@H]1O. The molecular weight excluding hydrogens is 845 g/mol. The normalized spacial score (nSPS) is 34.5. The number of aliphatic hydroxyl groups excluding tert-OH is 8. The highest BCUT2D eigenvalue weighted by Crippen LogP contribution is 2.45. The van der Waals surface area contributed by atoms with Gasteiger partial charge in [0.05, 0.1) is 19.3 Å². The molecule has 12 atom stereocenters. The second-order valence-corrected chi connectivity index (χ2v) is 19.2. The van der Waals surface area contributed by atoms with Crippen LogP contribution in [0, 0.1) is 10.8 Å². The van der Waals surface area contributed by atoms with Gasteiger partial charge in [0.25, 0.3) is 0 Å². The van der Waals surface area contributed by atoms with Crippen LogP contribution in [0.3, 0.4) is 0 Å². The summed E-state index contributed by atoms with van der Waals surface area (Å²) in [4.78, 5) is 13.4. The van der Waals surface area contributed by atoms with Crippen LogP contribution in [-0.4, -0.2) is 133 Å². The number of carbonyl (C=O) groups excluding carboxylic acids is 1. The summed E-state index contributed by atoms with van der Waals surface area (Å²) >= 11 is 0. The molecule has 8 N–H and O–H groups in total. The average Bonchev–Trinajstić information content (AvgIpc) is 3.25. The molecular formula is C53H74O13. The summed E-state index contributed by atoms with van der Waals surface area (Å²) in [7, 11) is 0. The Balaban J connectivity index is 1.29.